The lowest BCUT2D eigenvalue weighted by Gasteiger charge is -2.05. The molecule has 23 heavy (non-hydrogen) atoms. The highest BCUT2D eigenvalue weighted by Gasteiger charge is 2.16. The van der Waals surface area contributed by atoms with Crippen molar-refractivity contribution in [1.29, 1.82) is 0 Å². The molecule has 2 rings (SSSR count). The van der Waals surface area contributed by atoms with E-state index in [2.05, 4.69) is 0 Å². The van der Waals surface area contributed by atoms with Crippen LogP contribution >= 0.6 is 0 Å². The van der Waals surface area contributed by atoms with E-state index in [1.807, 2.05) is 0 Å². The number of Topliss-reactive ketones (excluding diaryl/α,β-unsaturated/α-hetero) is 1. The van der Waals surface area contributed by atoms with Crippen molar-refractivity contribution in [3.8, 4) is 5.75 Å². The number of carbonyl (C=O) groups excluding carboxylic acids is 2. The molecular formula is C16H13NO6. The number of esters is 1. The molecule has 1 N–H and O–H groups in total. The van der Waals surface area contributed by atoms with E-state index in [9.17, 15) is 19.7 Å². The summed E-state index contributed by atoms with van der Waals surface area (Å²) in [6, 6.07) is 9.43. The molecule has 0 fully saturated rings. The van der Waals surface area contributed by atoms with Crippen LogP contribution in [0, 0.1) is 17.0 Å². The van der Waals surface area contributed by atoms with Gasteiger partial charge in [-0.05, 0) is 31.2 Å². The van der Waals surface area contributed by atoms with Crippen molar-refractivity contribution in [3.63, 3.8) is 0 Å². The summed E-state index contributed by atoms with van der Waals surface area (Å²) in [5.41, 5.74) is 0.555. The maximum atomic E-state index is 12.0. The summed E-state index contributed by atoms with van der Waals surface area (Å²) < 4.78 is 4.87. The fourth-order valence-electron chi connectivity index (χ4n) is 1.87. The minimum Gasteiger partial charge on any atom is -0.508 e. The van der Waals surface area contributed by atoms with Gasteiger partial charge >= 0.3 is 5.97 Å². The Kier molecular flexibility index (Phi) is 4.70. The Balaban J connectivity index is 2.05. The molecule has 2 aromatic rings. The number of hydrogen-bond donors (Lipinski definition) is 1. The lowest BCUT2D eigenvalue weighted by Crippen LogP contribution is -2.14. The van der Waals surface area contributed by atoms with Crippen LogP contribution in [0.15, 0.2) is 42.5 Å². The number of nitro groups is 1. The van der Waals surface area contributed by atoms with Crippen LogP contribution in [0.2, 0.25) is 0 Å². The van der Waals surface area contributed by atoms with Gasteiger partial charge in [0.1, 0.15) is 5.75 Å². The Bertz CT molecular complexity index is 767. The number of phenolic OH excluding ortho intramolecular Hbond substituents is 1. The topological polar surface area (TPSA) is 107 Å². The molecule has 0 aromatic heterocycles. The molecule has 0 aliphatic heterocycles. The molecule has 118 valence electrons. The molecule has 0 unspecified atom stereocenters. The molecule has 0 saturated carbocycles. The average molecular weight is 315 g/mol. The van der Waals surface area contributed by atoms with E-state index in [-0.39, 0.29) is 22.6 Å². The third-order valence-corrected chi connectivity index (χ3v) is 3.17. The van der Waals surface area contributed by atoms with Crippen molar-refractivity contribution in [2.75, 3.05) is 6.61 Å². The Morgan fingerprint density at radius 1 is 1.13 bits per heavy atom. The van der Waals surface area contributed by atoms with Gasteiger partial charge in [-0.2, -0.15) is 0 Å². The number of benzene rings is 2. The number of ketones is 1. The van der Waals surface area contributed by atoms with Crippen LogP contribution in [0.3, 0.4) is 0 Å². The number of nitro benzene ring substituents is 1. The normalized spacial score (nSPS) is 10.1. The van der Waals surface area contributed by atoms with E-state index in [4.69, 9.17) is 9.84 Å². The van der Waals surface area contributed by atoms with E-state index in [0.717, 1.165) is 6.07 Å². The zero-order valence-electron chi connectivity index (χ0n) is 12.2. The van der Waals surface area contributed by atoms with Gasteiger partial charge in [-0.15, -0.1) is 0 Å². The zero-order valence-corrected chi connectivity index (χ0v) is 12.2. The van der Waals surface area contributed by atoms with Crippen molar-refractivity contribution in [2.45, 2.75) is 6.92 Å². The summed E-state index contributed by atoms with van der Waals surface area (Å²) >= 11 is 0. The van der Waals surface area contributed by atoms with E-state index >= 15 is 0 Å². The number of nitrogens with zero attached hydrogens (tertiary/aromatic N) is 1. The zero-order chi connectivity index (χ0) is 17.0. The second kappa shape index (κ2) is 6.69. The molecule has 7 heteroatoms. The lowest BCUT2D eigenvalue weighted by atomic mass is 10.1. The third-order valence-electron chi connectivity index (χ3n) is 3.17. The highest BCUT2D eigenvalue weighted by Crippen LogP contribution is 2.19. The Labute approximate surface area is 131 Å². The van der Waals surface area contributed by atoms with Crippen LogP contribution in [-0.4, -0.2) is 28.4 Å². The largest absolute Gasteiger partial charge is 0.508 e. The highest BCUT2D eigenvalue weighted by molar-refractivity contribution is 5.99. The highest BCUT2D eigenvalue weighted by atomic mass is 16.6. The maximum absolute atomic E-state index is 12.0. The summed E-state index contributed by atoms with van der Waals surface area (Å²) in [6.07, 6.45) is 0. The van der Waals surface area contributed by atoms with Crippen molar-refractivity contribution in [1.82, 2.24) is 0 Å². The van der Waals surface area contributed by atoms with Crippen molar-refractivity contribution < 1.29 is 24.4 Å². The first-order chi connectivity index (χ1) is 10.9. The van der Waals surface area contributed by atoms with Crippen LogP contribution < -0.4 is 0 Å². The molecule has 7 nitrogen and oxygen atoms in total. The SMILES string of the molecule is Cc1ccc(C(=O)COC(=O)c2ccc(O)cc2)cc1[N+](=O)[O-]. The average Bonchev–Trinajstić information content (AvgIpc) is 2.53. The van der Waals surface area contributed by atoms with Crippen LogP contribution in [0.1, 0.15) is 26.3 Å². The number of aryl methyl sites for hydroxylation is 1. The van der Waals surface area contributed by atoms with Gasteiger partial charge in [0.05, 0.1) is 10.5 Å². The van der Waals surface area contributed by atoms with Gasteiger partial charge in [-0.1, -0.05) is 12.1 Å². The van der Waals surface area contributed by atoms with Gasteiger partial charge in [0.2, 0.25) is 5.78 Å². The van der Waals surface area contributed by atoms with Gasteiger partial charge in [0, 0.05) is 17.2 Å². The van der Waals surface area contributed by atoms with E-state index < -0.39 is 23.3 Å². The first-order valence-electron chi connectivity index (χ1n) is 6.63. The summed E-state index contributed by atoms with van der Waals surface area (Å²) in [4.78, 5) is 34.0. The molecule has 0 heterocycles. The molecule has 0 amide bonds. The van der Waals surface area contributed by atoms with Gasteiger partial charge in [0.15, 0.2) is 6.61 Å². The van der Waals surface area contributed by atoms with E-state index in [0.29, 0.717) is 5.56 Å². The van der Waals surface area contributed by atoms with Crippen LogP contribution in [0.5, 0.6) is 5.75 Å². The molecular weight excluding hydrogens is 302 g/mol. The molecule has 0 atom stereocenters. The van der Waals surface area contributed by atoms with E-state index in [1.165, 1.54) is 36.4 Å². The Hall–Kier alpha value is -3.22. The van der Waals surface area contributed by atoms with Crippen molar-refractivity contribution in [3.05, 3.63) is 69.3 Å². The first kappa shape index (κ1) is 16.2. The molecule has 0 radical (unpaired) electrons. The molecule has 0 saturated heterocycles. The number of ether oxygens (including phenoxy) is 1. The predicted octanol–water partition coefficient (Wildman–Crippen LogP) is 2.65. The lowest BCUT2D eigenvalue weighted by molar-refractivity contribution is -0.385. The minimum atomic E-state index is -0.722. The molecule has 0 bridgehead atoms. The Morgan fingerprint density at radius 3 is 2.35 bits per heavy atom. The molecule has 2 aromatic carbocycles. The summed E-state index contributed by atoms with van der Waals surface area (Å²) in [5.74, 6) is -1.26. The van der Waals surface area contributed by atoms with Gasteiger partial charge < -0.3 is 9.84 Å². The summed E-state index contributed by atoms with van der Waals surface area (Å²) in [5, 5.41) is 20.0. The second-order valence-corrected chi connectivity index (χ2v) is 4.80. The monoisotopic (exact) mass is 315 g/mol. The fraction of sp³-hybridized carbons (Fsp3) is 0.125. The number of phenols is 1. The van der Waals surface area contributed by atoms with Crippen molar-refractivity contribution >= 4 is 17.4 Å². The van der Waals surface area contributed by atoms with Gasteiger partial charge in [-0.25, -0.2) is 4.79 Å². The molecule has 0 spiro atoms. The number of carbonyl (C=O) groups is 2. The smallest absolute Gasteiger partial charge is 0.338 e. The third kappa shape index (κ3) is 3.91. The predicted molar refractivity (Wildman–Crippen MR) is 80.6 cm³/mol. The summed E-state index contributed by atoms with van der Waals surface area (Å²) in [7, 11) is 0. The molecule has 0 aliphatic rings. The number of hydrogen-bond acceptors (Lipinski definition) is 6. The minimum absolute atomic E-state index is 0.00425. The maximum Gasteiger partial charge on any atom is 0.338 e. The first-order valence-corrected chi connectivity index (χ1v) is 6.63. The molecule has 0 aliphatic carbocycles. The quantitative estimate of drug-likeness (QED) is 0.393. The number of rotatable bonds is 5. The van der Waals surface area contributed by atoms with Crippen LogP contribution in [-0.2, 0) is 4.74 Å². The van der Waals surface area contributed by atoms with Crippen LogP contribution in [0.25, 0.3) is 0 Å². The number of aromatic hydroxyl groups is 1. The standard InChI is InChI=1S/C16H13NO6/c1-10-2-3-12(8-14(10)17(21)22)15(19)9-23-16(20)11-4-6-13(18)7-5-11/h2-8,18H,9H2,1H3. The van der Waals surface area contributed by atoms with Crippen LogP contribution in [0.4, 0.5) is 5.69 Å². The Morgan fingerprint density at radius 2 is 1.74 bits per heavy atom. The van der Waals surface area contributed by atoms with Gasteiger partial charge in [0.25, 0.3) is 5.69 Å². The second-order valence-electron chi connectivity index (χ2n) is 4.80. The summed E-state index contributed by atoms with van der Waals surface area (Å²) in [6.45, 7) is 1.04. The van der Waals surface area contributed by atoms with E-state index in [1.54, 1.807) is 6.92 Å². The fourth-order valence-corrected chi connectivity index (χ4v) is 1.87. The van der Waals surface area contributed by atoms with Gasteiger partial charge in [-0.3, -0.25) is 14.9 Å². The van der Waals surface area contributed by atoms with Crippen molar-refractivity contribution in [2.24, 2.45) is 0 Å².